The largest absolute Gasteiger partial charge is 0.322 e. The van der Waals surface area contributed by atoms with Gasteiger partial charge in [-0.2, -0.15) is 0 Å². The Bertz CT molecular complexity index is 549. The highest BCUT2D eigenvalue weighted by Crippen LogP contribution is 2.29. The molecular formula is C17H24N2S. The number of benzene rings is 1. The Balaban J connectivity index is 2.20. The first-order valence-corrected chi connectivity index (χ1v) is 8.11. The van der Waals surface area contributed by atoms with Gasteiger partial charge in [0.25, 0.3) is 0 Å². The summed E-state index contributed by atoms with van der Waals surface area (Å²) in [5.41, 5.74) is 9.87. The van der Waals surface area contributed by atoms with Crippen molar-refractivity contribution in [2.24, 2.45) is 5.73 Å². The van der Waals surface area contributed by atoms with Gasteiger partial charge in [-0.1, -0.05) is 58.4 Å². The summed E-state index contributed by atoms with van der Waals surface area (Å²) in [5, 5.41) is 3.15. The summed E-state index contributed by atoms with van der Waals surface area (Å²) in [6.07, 6.45) is 2.09. The average molecular weight is 288 g/mol. The van der Waals surface area contributed by atoms with Crippen LogP contribution >= 0.6 is 11.3 Å². The molecule has 20 heavy (non-hydrogen) atoms. The van der Waals surface area contributed by atoms with Gasteiger partial charge in [-0.15, -0.1) is 11.3 Å². The topological polar surface area (TPSA) is 38.9 Å². The van der Waals surface area contributed by atoms with E-state index in [9.17, 15) is 0 Å². The van der Waals surface area contributed by atoms with Gasteiger partial charge < -0.3 is 5.73 Å². The molecule has 0 bridgehead atoms. The molecule has 1 heterocycles. The molecule has 1 aromatic carbocycles. The second-order valence-electron chi connectivity index (χ2n) is 6.29. The molecule has 0 radical (unpaired) electrons. The zero-order valence-electron chi connectivity index (χ0n) is 12.8. The molecule has 0 aliphatic heterocycles. The van der Waals surface area contributed by atoms with E-state index in [1.807, 2.05) is 0 Å². The lowest BCUT2D eigenvalue weighted by atomic mass is 9.86. The van der Waals surface area contributed by atoms with Crippen LogP contribution in [-0.2, 0) is 5.41 Å². The van der Waals surface area contributed by atoms with E-state index in [-0.39, 0.29) is 11.5 Å². The van der Waals surface area contributed by atoms with Crippen molar-refractivity contribution < 1.29 is 0 Å². The fourth-order valence-electron chi connectivity index (χ4n) is 2.17. The van der Waals surface area contributed by atoms with Gasteiger partial charge in [0.15, 0.2) is 0 Å². The molecule has 0 aliphatic rings. The second-order valence-corrected chi connectivity index (χ2v) is 7.18. The second kappa shape index (κ2) is 6.06. The summed E-state index contributed by atoms with van der Waals surface area (Å²) in [6, 6.07) is 8.78. The van der Waals surface area contributed by atoms with Crippen LogP contribution in [-0.4, -0.2) is 4.98 Å². The van der Waals surface area contributed by atoms with Gasteiger partial charge >= 0.3 is 0 Å². The number of thiazole rings is 1. The molecule has 3 heteroatoms. The molecule has 0 aliphatic carbocycles. The third-order valence-electron chi connectivity index (χ3n) is 3.49. The van der Waals surface area contributed by atoms with Crippen molar-refractivity contribution in [3.8, 4) is 11.3 Å². The molecule has 2 aromatic rings. The van der Waals surface area contributed by atoms with Gasteiger partial charge in [-0.3, -0.25) is 0 Å². The molecule has 1 aromatic heterocycles. The van der Waals surface area contributed by atoms with E-state index in [2.05, 4.69) is 62.3 Å². The Labute approximate surface area is 126 Å². The van der Waals surface area contributed by atoms with Crippen molar-refractivity contribution in [2.45, 2.75) is 52.0 Å². The molecule has 1 atom stereocenters. The highest BCUT2D eigenvalue weighted by atomic mass is 32.1. The normalized spacial score (nSPS) is 13.4. The quantitative estimate of drug-likeness (QED) is 0.868. The van der Waals surface area contributed by atoms with Crippen LogP contribution in [0.15, 0.2) is 29.6 Å². The Kier molecular flexibility index (Phi) is 4.61. The zero-order chi connectivity index (χ0) is 14.8. The van der Waals surface area contributed by atoms with E-state index in [4.69, 9.17) is 5.73 Å². The van der Waals surface area contributed by atoms with E-state index in [0.717, 1.165) is 23.5 Å². The van der Waals surface area contributed by atoms with Crippen molar-refractivity contribution >= 4 is 11.3 Å². The van der Waals surface area contributed by atoms with Crippen LogP contribution in [0.4, 0.5) is 0 Å². The van der Waals surface area contributed by atoms with E-state index >= 15 is 0 Å². The maximum atomic E-state index is 6.13. The van der Waals surface area contributed by atoms with Gasteiger partial charge in [0.2, 0.25) is 0 Å². The fraction of sp³-hybridized carbons (Fsp3) is 0.471. The number of nitrogens with zero attached hydrogens (tertiary/aromatic N) is 1. The average Bonchev–Trinajstić information content (AvgIpc) is 2.88. The summed E-state index contributed by atoms with van der Waals surface area (Å²) >= 11 is 1.67. The molecule has 0 fully saturated rings. The smallest absolute Gasteiger partial charge is 0.110 e. The summed E-state index contributed by atoms with van der Waals surface area (Å²) in [5.74, 6) is 0. The molecule has 0 saturated heterocycles. The van der Waals surface area contributed by atoms with E-state index in [0.29, 0.717) is 0 Å². The summed E-state index contributed by atoms with van der Waals surface area (Å²) < 4.78 is 0. The SMILES string of the molecule is CCCC(N)c1nc(-c2ccc(C(C)(C)C)cc2)cs1. The van der Waals surface area contributed by atoms with Crippen molar-refractivity contribution in [3.05, 3.63) is 40.2 Å². The van der Waals surface area contributed by atoms with Gasteiger partial charge in [0, 0.05) is 10.9 Å². The lowest BCUT2D eigenvalue weighted by Gasteiger charge is -2.18. The maximum Gasteiger partial charge on any atom is 0.110 e. The zero-order valence-corrected chi connectivity index (χ0v) is 13.6. The Morgan fingerprint density at radius 2 is 1.85 bits per heavy atom. The predicted octanol–water partition coefficient (Wildman–Crippen LogP) is 4.91. The molecular weight excluding hydrogens is 264 g/mol. The van der Waals surface area contributed by atoms with E-state index < -0.39 is 0 Å². The van der Waals surface area contributed by atoms with Crippen LogP contribution in [0.5, 0.6) is 0 Å². The van der Waals surface area contributed by atoms with Crippen LogP contribution < -0.4 is 5.73 Å². The first-order valence-electron chi connectivity index (χ1n) is 7.23. The minimum absolute atomic E-state index is 0.0765. The van der Waals surface area contributed by atoms with Crippen molar-refractivity contribution in [1.82, 2.24) is 4.98 Å². The minimum atomic E-state index is 0.0765. The number of rotatable bonds is 4. The van der Waals surface area contributed by atoms with Crippen molar-refractivity contribution in [3.63, 3.8) is 0 Å². The fourth-order valence-corrected chi connectivity index (χ4v) is 3.03. The van der Waals surface area contributed by atoms with Gasteiger partial charge in [-0.25, -0.2) is 4.98 Å². The van der Waals surface area contributed by atoms with Gasteiger partial charge in [-0.05, 0) is 17.4 Å². The number of aromatic nitrogens is 1. The molecule has 108 valence electrons. The number of hydrogen-bond donors (Lipinski definition) is 1. The monoisotopic (exact) mass is 288 g/mol. The highest BCUT2D eigenvalue weighted by molar-refractivity contribution is 7.10. The lowest BCUT2D eigenvalue weighted by molar-refractivity contribution is 0.590. The van der Waals surface area contributed by atoms with Gasteiger partial charge in [0.1, 0.15) is 5.01 Å². The number of hydrogen-bond acceptors (Lipinski definition) is 3. The first kappa shape index (κ1) is 15.2. The Morgan fingerprint density at radius 3 is 2.40 bits per heavy atom. The van der Waals surface area contributed by atoms with Crippen LogP contribution in [0.3, 0.4) is 0 Å². The highest BCUT2D eigenvalue weighted by Gasteiger charge is 2.14. The van der Waals surface area contributed by atoms with Crippen LogP contribution in [0.2, 0.25) is 0 Å². The molecule has 1 unspecified atom stereocenters. The molecule has 0 saturated carbocycles. The third-order valence-corrected chi connectivity index (χ3v) is 4.46. The van der Waals surface area contributed by atoms with E-state index in [1.54, 1.807) is 11.3 Å². The van der Waals surface area contributed by atoms with Crippen LogP contribution in [0, 0.1) is 0 Å². The van der Waals surface area contributed by atoms with E-state index in [1.165, 1.54) is 11.1 Å². The summed E-state index contributed by atoms with van der Waals surface area (Å²) in [6.45, 7) is 8.84. The molecule has 0 spiro atoms. The maximum absolute atomic E-state index is 6.13. The third kappa shape index (κ3) is 3.47. The lowest BCUT2D eigenvalue weighted by Crippen LogP contribution is -2.10. The van der Waals surface area contributed by atoms with Crippen LogP contribution in [0.25, 0.3) is 11.3 Å². The molecule has 2 N–H and O–H groups in total. The van der Waals surface area contributed by atoms with Gasteiger partial charge in [0.05, 0.1) is 11.7 Å². The summed E-state index contributed by atoms with van der Waals surface area (Å²) in [7, 11) is 0. The first-order chi connectivity index (χ1) is 9.41. The standard InChI is InChI=1S/C17H24N2S/c1-5-6-14(18)16-19-15(11-20-16)12-7-9-13(10-8-12)17(2,3)4/h7-11,14H,5-6,18H2,1-4H3. The van der Waals surface area contributed by atoms with Crippen molar-refractivity contribution in [1.29, 1.82) is 0 Å². The van der Waals surface area contributed by atoms with Crippen LogP contribution in [0.1, 0.15) is 57.1 Å². The molecule has 2 nitrogen and oxygen atoms in total. The summed E-state index contributed by atoms with van der Waals surface area (Å²) in [4.78, 5) is 4.68. The number of nitrogens with two attached hydrogens (primary N) is 1. The predicted molar refractivity (Wildman–Crippen MR) is 88.1 cm³/mol. The minimum Gasteiger partial charge on any atom is -0.322 e. The Morgan fingerprint density at radius 1 is 1.20 bits per heavy atom. The molecule has 0 amide bonds. The Hall–Kier alpha value is -1.19. The molecule has 2 rings (SSSR count). The van der Waals surface area contributed by atoms with Crippen molar-refractivity contribution in [2.75, 3.05) is 0 Å².